The molecule has 168 valence electrons. The largest absolute Gasteiger partial charge is 0.490 e. The second kappa shape index (κ2) is 9.83. The summed E-state index contributed by atoms with van der Waals surface area (Å²) < 4.78 is 13.0. The lowest BCUT2D eigenvalue weighted by atomic mass is 9.96. The Bertz CT molecular complexity index is 1380. The normalized spacial score (nSPS) is 15.6. The zero-order chi connectivity index (χ0) is 23.4. The topological polar surface area (TPSA) is 69.9 Å². The summed E-state index contributed by atoms with van der Waals surface area (Å²) in [7, 11) is 0. The third kappa shape index (κ3) is 4.59. The van der Waals surface area contributed by atoms with E-state index in [4.69, 9.17) is 9.47 Å². The first-order valence-corrected chi connectivity index (χ1v) is 11.4. The number of allylic oxidation sites excluding steroid dienone is 1. The van der Waals surface area contributed by atoms with Gasteiger partial charge in [-0.3, -0.25) is 9.36 Å². The third-order valence-corrected chi connectivity index (χ3v) is 6.16. The number of hydrogen-bond acceptors (Lipinski definition) is 6. The third-order valence-electron chi connectivity index (χ3n) is 5.18. The molecule has 4 rings (SSSR count). The summed E-state index contributed by atoms with van der Waals surface area (Å²) in [5.41, 5.74) is 2.39. The molecule has 0 unspecified atom stereocenters. The van der Waals surface area contributed by atoms with Crippen molar-refractivity contribution in [2.24, 2.45) is 4.99 Å². The van der Waals surface area contributed by atoms with E-state index in [1.165, 1.54) is 11.3 Å². The Hall–Kier alpha value is -3.71. The molecule has 1 aliphatic heterocycles. The van der Waals surface area contributed by atoms with E-state index in [0.29, 0.717) is 33.0 Å². The average molecular weight is 461 g/mol. The number of esters is 1. The zero-order valence-electron chi connectivity index (χ0n) is 18.5. The lowest BCUT2D eigenvalue weighted by Gasteiger charge is -2.24. The van der Waals surface area contributed by atoms with Crippen molar-refractivity contribution in [1.82, 2.24) is 4.57 Å². The van der Waals surface area contributed by atoms with Gasteiger partial charge in [0.15, 0.2) is 4.80 Å². The van der Waals surface area contributed by atoms with E-state index in [2.05, 4.69) is 11.6 Å². The van der Waals surface area contributed by atoms with Gasteiger partial charge in [0.2, 0.25) is 0 Å². The van der Waals surface area contributed by atoms with Crippen LogP contribution in [-0.4, -0.2) is 23.8 Å². The minimum atomic E-state index is -0.647. The molecule has 7 heteroatoms. The SMILES string of the molecule is C=CCOc1ccc([C@H]2C(C(=O)OCC)=C(C)N=c3s/c(=C\c4ccccc4)c(=O)n32)cc1. The van der Waals surface area contributed by atoms with Gasteiger partial charge in [-0.05, 0) is 43.2 Å². The highest BCUT2D eigenvalue weighted by Gasteiger charge is 2.33. The molecule has 33 heavy (non-hydrogen) atoms. The lowest BCUT2D eigenvalue weighted by Crippen LogP contribution is -2.39. The summed E-state index contributed by atoms with van der Waals surface area (Å²) in [4.78, 5) is 31.6. The first-order chi connectivity index (χ1) is 16.0. The van der Waals surface area contributed by atoms with Crippen LogP contribution in [0.4, 0.5) is 0 Å². The van der Waals surface area contributed by atoms with Crippen molar-refractivity contribution in [2.45, 2.75) is 19.9 Å². The molecule has 1 aromatic heterocycles. The van der Waals surface area contributed by atoms with E-state index < -0.39 is 12.0 Å². The Balaban J connectivity index is 1.89. The number of carbonyl (C=O) groups is 1. The van der Waals surface area contributed by atoms with Crippen LogP contribution in [0, 0.1) is 0 Å². The molecule has 6 nitrogen and oxygen atoms in total. The first-order valence-electron chi connectivity index (χ1n) is 10.6. The second-order valence-corrected chi connectivity index (χ2v) is 8.39. The predicted octanol–water partition coefficient (Wildman–Crippen LogP) is 3.36. The molecule has 0 aliphatic carbocycles. The molecule has 3 aromatic rings. The van der Waals surface area contributed by atoms with E-state index in [9.17, 15) is 9.59 Å². The number of carbonyl (C=O) groups excluding carboxylic acids is 1. The highest BCUT2D eigenvalue weighted by molar-refractivity contribution is 7.07. The van der Waals surface area contributed by atoms with Gasteiger partial charge in [0.25, 0.3) is 5.56 Å². The molecule has 0 N–H and O–H groups in total. The predicted molar refractivity (Wildman–Crippen MR) is 129 cm³/mol. The van der Waals surface area contributed by atoms with Crippen LogP contribution >= 0.6 is 11.3 Å². The van der Waals surface area contributed by atoms with Crippen molar-refractivity contribution < 1.29 is 14.3 Å². The zero-order valence-corrected chi connectivity index (χ0v) is 19.3. The standard InChI is InChI=1S/C26H24N2O4S/c1-4-15-32-20-13-11-19(12-14-20)23-22(25(30)31-5-2)17(3)27-26-28(23)24(29)21(33-26)16-18-9-7-6-8-10-18/h4,6-14,16,23H,1,5,15H2,2-3H3/b21-16-/t23-/m0/s1. The van der Waals surface area contributed by atoms with Gasteiger partial charge >= 0.3 is 5.97 Å². The van der Waals surface area contributed by atoms with Gasteiger partial charge in [-0.1, -0.05) is 66.5 Å². The quantitative estimate of drug-likeness (QED) is 0.401. The van der Waals surface area contributed by atoms with Gasteiger partial charge in [0, 0.05) is 0 Å². The van der Waals surface area contributed by atoms with Gasteiger partial charge in [0.1, 0.15) is 12.4 Å². The number of hydrogen-bond donors (Lipinski definition) is 0. The highest BCUT2D eigenvalue weighted by atomic mass is 32.1. The van der Waals surface area contributed by atoms with Crippen molar-refractivity contribution >= 4 is 23.4 Å². The molecule has 2 aromatic carbocycles. The number of rotatable bonds is 7. The van der Waals surface area contributed by atoms with Gasteiger partial charge in [-0.25, -0.2) is 9.79 Å². The minimum absolute atomic E-state index is 0.200. The van der Waals surface area contributed by atoms with E-state index in [1.54, 1.807) is 24.5 Å². The van der Waals surface area contributed by atoms with Crippen molar-refractivity contribution in [2.75, 3.05) is 13.2 Å². The Morgan fingerprint density at radius 1 is 1.18 bits per heavy atom. The maximum absolute atomic E-state index is 13.5. The molecule has 0 fully saturated rings. The van der Waals surface area contributed by atoms with Crippen LogP contribution in [0.2, 0.25) is 0 Å². The van der Waals surface area contributed by atoms with Gasteiger partial charge in [-0.15, -0.1) is 0 Å². The van der Waals surface area contributed by atoms with Crippen LogP contribution in [0.1, 0.15) is 31.0 Å². The molecular formula is C26H24N2O4S. The van der Waals surface area contributed by atoms with Crippen LogP contribution in [0.5, 0.6) is 5.75 Å². The van der Waals surface area contributed by atoms with Crippen molar-refractivity contribution in [1.29, 1.82) is 0 Å². The summed E-state index contributed by atoms with van der Waals surface area (Å²) >= 11 is 1.31. The van der Waals surface area contributed by atoms with Crippen LogP contribution in [0.15, 0.2) is 88.3 Å². The summed E-state index contributed by atoms with van der Waals surface area (Å²) in [6.07, 6.45) is 3.51. The molecular weight excluding hydrogens is 436 g/mol. The number of fused-ring (bicyclic) bond motifs is 1. The molecule has 0 saturated heterocycles. The van der Waals surface area contributed by atoms with Crippen LogP contribution in [0.3, 0.4) is 0 Å². The molecule has 0 radical (unpaired) electrons. The van der Waals surface area contributed by atoms with E-state index in [1.807, 2.05) is 60.7 Å². The molecule has 0 bridgehead atoms. The van der Waals surface area contributed by atoms with Crippen molar-refractivity contribution in [3.63, 3.8) is 0 Å². The minimum Gasteiger partial charge on any atom is -0.490 e. The van der Waals surface area contributed by atoms with Gasteiger partial charge < -0.3 is 9.47 Å². The van der Waals surface area contributed by atoms with Crippen LogP contribution in [0.25, 0.3) is 6.08 Å². The number of ether oxygens (including phenoxy) is 2. The van der Waals surface area contributed by atoms with E-state index >= 15 is 0 Å². The summed E-state index contributed by atoms with van der Waals surface area (Å²) in [6, 6.07) is 16.3. The monoisotopic (exact) mass is 460 g/mol. The van der Waals surface area contributed by atoms with Crippen molar-refractivity contribution in [3.05, 3.63) is 109 Å². The lowest BCUT2D eigenvalue weighted by molar-refractivity contribution is -0.139. The molecule has 1 aliphatic rings. The summed E-state index contributed by atoms with van der Waals surface area (Å²) in [5.74, 6) is 0.196. The highest BCUT2D eigenvalue weighted by Crippen LogP contribution is 2.31. The molecule has 0 amide bonds. The van der Waals surface area contributed by atoms with Crippen LogP contribution in [-0.2, 0) is 9.53 Å². The number of nitrogens with zero attached hydrogens (tertiary/aromatic N) is 2. The summed E-state index contributed by atoms with van der Waals surface area (Å²) in [5, 5.41) is 0. The van der Waals surface area contributed by atoms with Gasteiger partial charge in [-0.2, -0.15) is 0 Å². The Kier molecular flexibility index (Phi) is 6.70. The van der Waals surface area contributed by atoms with Crippen LogP contribution < -0.4 is 19.6 Å². The maximum atomic E-state index is 13.5. The molecule has 0 spiro atoms. The average Bonchev–Trinajstić information content (AvgIpc) is 3.12. The number of benzene rings is 2. The van der Waals surface area contributed by atoms with E-state index in [-0.39, 0.29) is 12.2 Å². The number of thiazole rings is 1. The smallest absolute Gasteiger partial charge is 0.338 e. The molecule has 1 atom stereocenters. The fourth-order valence-corrected chi connectivity index (χ4v) is 4.76. The number of aromatic nitrogens is 1. The second-order valence-electron chi connectivity index (χ2n) is 7.38. The van der Waals surface area contributed by atoms with E-state index in [0.717, 1.165) is 11.1 Å². The van der Waals surface area contributed by atoms with Crippen molar-refractivity contribution in [3.8, 4) is 5.75 Å². The Morgan fingerprint density at radius 2 is 1.91 bits per heavy atom. The fraction of sp³-hybridized carbons (Fsp3) is 0.192. The fourth-order valence-electron chi connectivity index (χ4n) is 3.71. The van der Waals surface area contributed by atoms with Gasteiger partial charge in [0.05, 0.1) is 28.5 Å². The molecule has 2 heterocycles. The summed E-state index contributed by atoms with van der Waals surface area (Å²) in [6.45, 7) is 7.80. The maximum Gasteiger partial charge on any atom is 0.338 e. The Labute approximate surface area is 195 Å². The Morgan fingerprint density at radius 3 is 2.58 bits per heavy atom. The first kappa shape index (κ1) is 22.5. The molecule has 0 saturated carbocycles.